The van der Waals surface area contributed by atoms with Crippen LogP contribution in [0, 0.1) is 0 Å². The predicted octanol–water partition coefficient (Wildman–Crippen LogP) is 13.0. The minimum absolute atomic E-state index is 0.245. The minimum Gasteiger partial charge on any atom is -0.394 e. The Hall–Kier alpha value is -1.79. The van der Waals surface area contributed by atoms with E-state index in [0.717, 1.165) is 32.1 Å². The van der Waals surface area contributed by atoms with Crippen molar-refractivity contribution >= 4 is 5.91 Å². The number of amides is 1. The maximum Gasteiger partial charge on any atom is 0.220 e. The Kier molecular flexibility index (Phi) is 48.8. The van der Waals surface area contributed by atoms with E-state index in [2.05, 4.69) is 43.5 Å². The van der Waals surface area contributed by atoms with Crippen LogP contribution in [0.3, 0.4) is 0 Å². The lowest BCUT2D eigenvalue weighted by molar-refractivity contribution is -0.359. The number of nitrogens with one attached hydrogen (secondary N) is 1. The summed E-state index contributed by atoms with van der Waals surface area (Å²) < 4.78 is 22.8. The molecule has 0 aromatic heterocycles. The van der Waals surface area contributed by atoms with E-state index in [4.69, 9.17) is 18.9 Å². The van der Waals surface area contributed by atoms with E-state index in [-0.39, 0.29) is 18.9 Å². The molecule has 14 nitrogen and oxygen atoms in total. The molecule has 0 aromatic rings. The molecule has 0 spiro atoms. The van der Waals surface area contributed by atoms with Gasteiger partial charge in [0.1, 0.15) is 48.8 Å². The Morgan fingerprint density at radius 1 is 0.432 bits per heavy atom. The average Bonchev–Trinajstić information content (AvgIpc) is 3.47. The van der Waals surface area contributed by atoms with Gasteiger partial charge in [0.05, 0.1) is 32.0 Å². The monoisotopic (exact) mass is 1150 g/mol. The van der Waals surface area contributed by atoms with Crippen LogP contribution in [0.5, 0.6) is 0 Å². The van der Waals surface area contributed by atoms with Crippen molar-refractivity contribution in [2.45, 2.75) is 364 Å². The van der Waals surface area contributed by atoms with Crippen molar-refractivity contribution in [2.75, 3.05) is 19.8 Å². The first-order chi connectivity index (χ1) is 39.6. The zero-order valence-corrected chi connectivity index (χ0v) is 51.5. The van der Waals surface area contributed by atoms with E-state index < -0.39 is 86.8 Å². The maximum absolute atomic E-state index is 13.3. The first-order valence-electron chi connectivity index (χ1n) is 33.7. The van der Waals surface area contributed by atoms with Crippen molar-refractivity contribution in [3.63, 3.8) is 0 Å². The van der Waals surface area contributed by atoms with Gasteiger partial charge in [0, 0.05) is 6.42 Å². The van der Waals surface area contributed by atoms with Crippen molar-refractivity contribution in [3.05, 3.63) is 36.5 Å². The quantitative estimate of drug-likeness (QED) is 0.0204. The third kappa shape index (κ3) is 37.4. The van der Waals surface area contributed by atoms with Crippen LogP contribution in [0.15, 0.2) is 36.5 Å². The highest BCUT2D eigenvalue weighted by atomic mass is 16.7. The summed E-state index contributed by atoms with van der Waals surface area (Å²) in [6.45, 7) is 2.81. The van der Waals surface area contributed by atoms with Crippen molar-refractivity contribution in [1.29, 1.82) is 0 Å². The Morgan fingerprint density at radius 2 is 0.790 bits per heavy atom. The Labute approximate surface area is 493 Å². The summed E-state index contributed by atoms with van der Waals surface area (Å²) in [7, 11) is 0. The zero-order valence-electron chi connectivity index (χ0n) is 51.5. The van der Waals surface area contributed by atoms with E-state index in [1.165, 1.54) is 225 Å². The van der Waals surface area contributed by atoms with Crippen LogP contribution in [0.2, 0.25) is 0 Å². The van der Waals surface area contributed by atoms with Crippen LogP contribution in [0.25, 0.3) is 0 Å². The third-order valence-corrected chi connectivity index (χ3v) is 16.5. The molecule has 81 heavy (non-hydrogen) atoms. The maximum atomic E-state index is 13.3. The molecule has 0 aliphatic carbocycles. The second-order valence-electron chi connectivity index (χ2n) is 23.9. The third-order valence-electron chi connectivity index (χ3n) is 16.5. The van der Waals surface area contributed by atoms with Crippen LogP contribution in [0.4, 0.5) is 0 Å². The standard InChI is InChI=1S/C67H125NO13/c1-3-5-7-9-11-13-15-17-19-21-22-23-24-25-26-27-28-29-30-31-32-33-34-35-37-39-41-43-45-47-49-51-59(72)68-55(56(71)50-48-46-44-42-40-38-36-20-18-16-14-12-10-8-6-4-2)54-78-66-64(77)62(75)65(58(53-70)80-66)81-67-63(76)61(74)60(73)57(52-69)79-67/h21-22,40,42,48,50,55-58,60-67,69-71,73-77H,3-20,23-39,41,43-47,49,51-54H2,1-2H3,(H,68,72)/b22-21-,42-40+,50-48+. The van der Waals surface area contributed by atoms with Gasteiger partial charge in [-0.2, -0.15) is 0 Å². The largest absolute Gasteiger partial charge is 0.394 e. The van der Waals surface area contributed by atoms with Gasteiger partial charge in [-0.15, -0.1) is 0 Å². The Balaban J connectivity index is 1.66. The summed E-state index contributed by atoms with van der Waals surface area (Å²) in [6.07, 6.45) is 49.2. The number of allylic oxidation sites excluding steroid dienone is 5. The van der Waals surface area contributed by atoms with Gasteiger partial charge in [-0.05, 0) is 57.8 Å². The van der Waals surface area contributed by atoms with Gasteiger partial charge in [-0.3, -0.25) is 4.79 Å². The van der Waals surface area contributed by atoms with Crippen LogP contribution in [0.1, 0.15) is 290 Å². The highest BCUT2D eigenvalue weighted by Crippen LogP contribution is 2.30. The van der Waals surface area contributed by atoms with Gasteiger partial charge in [0.15, 0.2) is 12.6 Å². The second-order valence-corrected chi connectivity index (χ2v) is 23.9. The molecule has 1 amide bonds. The van der Waals surface area contributed by atoms with Crippen molar-refractivity contribution in [2.24, 2.45) is 0 Å². The number of carbonyl (C=O) groups is 1. The molecule has 14 heteroatoms. The van der Waals surface area contributed by atoms with Gasteiger partial charge in [-0.1, -0.05) is 262 Å². The van der Waals surface area contributed by atoms with Gasteiger partial charge in [0.2, 0.25) is 5.91 Å². The first kappa shape index (κ1) is 75.3. The molecule has 12 unspecified atom stereocenters. The molecule has 0 radical (unpaired) electrons. The van der Waals surface area contributed by atoms with Crippen LogP contribution < -0.4 is 5.32 Å². The summed E-state index contributed by atoms with van der Waals surface area (Å²) in [5.41, 5.74) is 0. The first-order valence-corrected chi connectivity index (χ1v) is 33.7. The summed E-state index contributed by atoms with van der Waals surface area (Å²) in [6, 6.07) is -0.930. The molecular weight excluding hydrogens is 1030 g/mol. The lowest BCUT2D eigenvalue weighted by atomic mass is 9.97. The number of aliphatic hydroxyl groups is 8. The second kappa shape index (κ2) is 52.5. The molecule has 12 atom stereocenters. The molecule has 2 heterocycles. The molecule has 0 saturated carbocycles. The molecular formula is C67H125NO13. The topological polar surface area (TPSA) is 228 Å². The number of carbonyl (C=O) groups excluding carboxylic acids is 1. The van der Waals surface area contributed by atoms with Crippen LogP contribution >= 0.6 is 0 Å². The number of rotatable bonds is 55. The highest BCUT2D eigenvalue weighted by molar-refractivity contribution is 5.76. The summed E-state index contributed by atoms with van der Waals surface area (Å²) in [5, 5.41) is 87.2. The lowest BCUT2D eigenvalue weighted by Gasteiger charge is -2.46. The SMILES string of the molecule is CCCCCCCCCC/C=C\CCCCCCCCCCCCCCCCCCCCCC(=O)NC(COC1OC(CO)C(OC2OC(CO)C(O)C(O)C2O)C(O)C1O)C(O)/C=C/CC/C=C/CCCCCCCCCCCC. The predicted molar refractivity (Wildman–Crippen MR) is 328 cm³/mol. The number of ether oxygens (including phenoxy) is 4. The van der Waals surface area contributed by atoms with Gasteiger partial charge in [0.25, 0.3) is 0 Å². The number of unbranched alkanes of at least 4 members (excludes halogenated alkanes) is 38. The number of aliphatic hydroxyl groups excluding tert-OH is 8. The van der Waals surface area contributed by atoms with Crippen LogP contribution in [-0.4, -0.2) is 140 Å². The number of hydrogen-bond acceptors (Lipinski definition) is 13. The molecule has 2 fully saturated rings. The molecule has 9 N–H and O–H groups in total. The van der Waals surface area contributed by atoms with Crippen molar-refractivity contribution in [3.8, 4) is 0 Å². The van der Waals surface area contributed by atoms with Gasteiger partial charge >= 0.3 is 0 Å². The summed E-state index contributed by atoms with van der Waals surface area (Å²) in [4.78, 5) is 13.3. The summed E-state index contributed by atoms with van der Waals surface area (Å²) >= 11 is 0. The van der Waals surface area contributed by atoms with E-state index in [1.807, 2.05) is 6.08 Å². The van der Waals surface area contributed by atoms with Gasteiger partial charge < -0.3 is 65.1 Å². The molecule has 2 aliphatic heterocycles. The molecule has 2 saturated heterocycles. The van der Waals surface area contributed by atoms with Crippen molar-refractivity contribution < 1.29 is 64.6 Å². The molecule has 0 bridgehead atoms. The van der Waals surface area contributed by atoms with Crippen molar-refractivity contribution in [1.82, 2.24) is 5.32 Å². The fourth-order valence-corrected chi connectivity index (χ4v) is 11.1. The lowest BCUT2D eigenvalue weighted by Crippen LogP contribution is -2.65. The summed E-state index contributed by atoms with van der Waals surface area (Å²) in [5.74, 6) is -0.245. The van der Waals surface area contributed by atoms with E-state index in [9.17, 15) is 45.6 Å². The smallest absolute Gasteiger partial charge is 0.220 e. The van der Waals surface area contributed by atoms with E-state index in [1.54, 1.807) is 6.08 Å². The average molecular weight is 1150 g/mol. The molecule has 2 aliphatic rings. The molecule has 0 aromatic carbocycles. The van der Waals surface area contributed by atoms with Gasteiger partial charge in [-0.25, -0.2) is 0 Å². The minimum atomic E-state index is -1.79. The fourth-order valence-electron chi connectivity index (χ4n) is 11.1. The molecule has 476 valence electrons. The van der Waals surface area contributed by atoms with E-state index in [0.29, 0.717) is 12.8 Å². The van der Waals surface area contributed by atoms with E-state index >= 15 is 0 Å². The fraction of sp³-hybridized carbons (Fsp3) is 0.896. The zero-order chi connectivity index (χ0) is 58.8. The highest BCUT2D eigenvalue weighted by Gasteiger charge is 2.51. The number of hydrogen-bond donors (Lipinski definition) is 9. The molecule has 2 rings (SSSR count). The van der Waals surface area contributed by atoms with Crippen LogP contribution in [-0.2, 0) is 23.7 Å². The Bertz CT molecular complexity index is 1500. The normalized spacial score (nSPS) is 24.3. The Morgan fingerprint density at radius 3 is 1.21 bits per heavy atom.